The summed E-state index contributed by atoms with van der Waals surface area (Å²) >= 11 is 0. The van der Waals surface area contributed by atoms with Gasteiger partial charge in [-0.1, -0.05) is 13.8 Å². The Hall–Kier alpha value is -1.29. The summed E-state index contributed by atoms with van der Waals surface area (Å²) in [6, 6.07) is 3.32. The predicted molar refractivity (Wildman–Crippen MR) is 58.5 cm³/mol. The fourth-order valence-electron chi connectivity index (χ4n) is 1.25. The highest BCUT2D eigenvalue weighted by atomic mass is 16.3. The summed E-state index contributed by atoms with van der Waals surface area (Å²) in [6.45, 7) is 4.50. The normalized spacial score (nSPS) is 11.4. The van der Waals surface area contributed by atoms with Crippen LogP contribution in [0.15, 0.2) is 22.8 Å². The number of amides is 1. The maximum Gasteiger partial charge on any atom is 0.287 e. The number of hydrogen-bond acceptors (Lipinski definition) is 3. The highest BCUT2D eigenvalue weighted by molar-refractivity contribution is 5.91. The highest BCUT2D eigenvalue weighted by Crippen LogP contribution is 2.09. The van der Waals surface area contributed by atoms with E-state index in [9.17, 15) is 4.79 Å². The molecule has 4 heteroatoms. The first-order valence-corrected chi connectivity index (χ1v) is 5.22. The van der Waals surface area contributed by atoms with Gasteiger partial charge in [0.2, 0.25) is 0 Å². The van der Waals surface area contributed by atoms with Crippen LogP contribution in [0.3, 0.4) is 0 Å². The Bertz CT molecular complexity index is 302. The largest absolute Gasteiger partial charge is 0.459 e. The zero-order valence-corrected chi connectivity index (χ0v) is 9.25. The molecule has 1 aromatic heterocycles. The van der Waals surface area contributed by atoms with Crippen LogP contribution in [0.5, 0.6) is 0 Å². The van der Waals surface area contributed by atoms with Crippen molar-refractivity contribution in [3.8, 4) is 0 Å². The van der Waals surface area contributed by atoms with Crippen molar-refractivity contribution in [3.05, 3.63) is 24.2 Å². The van der Waals surface area contributed by atoms with Gasteiger partial charge < -0.3 is 15.5 Å². The zero-order valence-electron chi connectivity index (χ0n) is 9.25. The quantitative estimate of drug-likeness (QED) is 0.774. The van der Waals surface area contributed by atoms with Crippen molar-refractivity contribution in [1.82, 2.24) is 5.32 Å². The average Bonchev–Trinajstić information content (AvgIpc) is 2.79. The van der Waals surface area contributed by atoms with Crippen molar-refractivity contribution >= 4 is 5.91 Å². The van der Waals surface area contributed by atoms with E-state index >= 15 is 0 Å². The van der Waals surface area contributed by atoms with Crippen LogP contribution in [0.4, 0.5) is 0 Å². The first kappa shape index (κ1) is 11.8. The third-order valence-corrected chi connectivity index (χ3v) is 2.75. The van der Waals surface area contributed by atoms with Crippen molar-refractivity contribution in [2.75, 3.05) is 6.54 Å². The minimum absolute atomic E-state index is 0.211. The SMILES string of the molecule is CCC(N)(CC)CNC(=O)c1ccco1. The Morgan fingerprint density at radius 2 is 2.20 bits per heavy atom. The minimum Gasteiger partial charge on any atom is -0.459 e. The molecule has 0 radical (unpaired) electrons. The molecule has 0 aliphatic rings. The van der Waals surface area contributed by atoms with E-state index in [2.05, 4.69) is 5.32 Å². The zero-order chi connectivity index (χ0) is 11.3. The van der Waals surface area contributed by atoms with E-state index in [4.69, 9.17) is 10.2 Å². The van der Waals surface area contributed by atoms with Gasteiger partial charge in [0.15, 0.2) is 5.76 Å². The molecule has 0 atom stereocenters. The first-order chi connectivity index (χ1) is 7.11. The Morgan fingerprint density at radius 3 is 2.67 bits per heavy atom. The number of hydrogen-bond donors (Lipinski definition) is 2. The molecule has 0 spiro atoms. The molecule has 0 unspecified atom stereocenters. The lowest BCUT2D eigenvalue weighted by molar-refractivity contribution is 0.0914. The van der Waals surface area contributed by atoms with E-state index in [1.165, 1.54) is 6.26 Å². The summed E-state index contributed by atoms with van der Waals surface area (Å²) in [7, 11) is 0. The molecule has 15 heavy (non-hydrogen) atoms. The molecule has 0 aliphatic heterocycles. The van der Waals surface area contributed by atoms with Crippen LogP contribution in [0.1, 0.15) is 37.2 Å². The van der Waals surface area contributed by atoms with Crippen LogP contribution >= 0.6 is 0 Å². The average molecular weight is 210 g/mol. The molecule has 0 bridgehead atoms. The second-order valence-corrected chi connectivity index (χ2v) is 3.73. The fourth-order valence-corrected chi connectivity index (χ4v) is 1.25. The van der Waals surface area contributed by atoms with Gasteiger partial charge in [-0.15, -0.1) is 0 Å². The molecule has 1 rings (SSSR count). The summed E-state index contributed by atoms with van der Waals surface area (Å²) in [4.78, 5) is 11.5. The van der Waals surface area contributed by atoms with Crippen molar-refractivity contribution in [2.24, 2.45) is 5.73 Å². The monoisotopic (exact) mass is 210 g/mol. The smallest absolute Gasteiger partial charge is 0.287 e. The minimum atomic E-state index is -0.317. The van der Waals surface area contributed by atoms with E-state index in [-0.39, 0.29) is 11.4 Å². The van der Waals surface area contributed by atoms with Crippen molar-refractivity contribution in [3.63, 3.8) is 0 Å². The number of nitrogens with one attached hydrogen (secondary N) is 1. The van der Waals surface area contributed by atoms with Gasteiger partial charge in [0.1, 0.15) is 0 Å². The Balaban J connectivity index is 2.47. The van der Waals surface area contributed by atoms with E-state index in [0.29, 0.717) is 12.3 Å². The summed E-state index contributed by atoms with van der Waals surface area (Å²) in [6.07, 6.45) is 3.15. The van der Waals surface area contributed by atoms with Crippen LogP contribution in [-0.4, -0.2) is 18.0 Å². The lowest BCUT2D eigenvalue weighted by Gasteiger charge is -2.26. The van der Waals surface area contributed by atoms with Gasteiger partial charge in [0, 0.05) is 12.1 Å². The predicted octanol–water partition coefficient (Wildman–Crippen LogP) is 1.53. The van der Waals surface area contributed by atoms with Gasteiger partial charge in [-0.2, -0.15) is 0 Å². The van der Waals surface area contributed by atoms with E-state index in [1.807, 2.05) is 13.8 Å². The molecule has 1 amide bonds. The van der Waals surface area contributed by atoms with Gasteiger partial charge in [-0.3, -0.25) is 4.79 Å². The number of rotatable bonds is 5. The van der Waals surface area contributed by atoms with Crippen LogP contribution in [0, 0.1) is 0 Å². The van der Waals surface area contributed by atoms with Crippen molar-refractivity contribution in [1.29, 1.82) is 0 Å². The Labute approximate surface area is 89.8 Å². The molecule has 84 valence electrons. The van der Waals surface area contributed by atoms with E-state index in [0.717, 1.165) is 12.8 Å². The number of furan rings is 1. The fraction of sp³-hybridized carbons (Fsp3) is 0.545. The maximum atomic E-state index is 11.5. The second kappa shape index (κ2) is 4.98. The van der Waals surface area contributed by atoms with E-state index in [1.54, 1.807) is 12.1 Å². The number of carbonyl (C=O) groups excluding carboxylic acids is 1. The molecule has 0 saturated heterocycles. The molecular formula is C11H18N2O2. The lowest BCUT2D eigenvalue weighted by Crippen LogP contribution is -2.49. The summed E-state index contributed by atoms with van der Waals surface area (Å²) in [5.41, 5.74) is 5.74. The second-order valence-electron chi connectivity index (χ2n) is 3.73. The van der Waals surface area contributed by atoms with Crippen LogP contribution in [-0.2, 0) is 0 Å². The molecule has 3 N–H and O–H groups in total. The van der Waals surface area contributed by atoms with Crippen molar-refractivity contribution in [2.45, 2.75) is 32.2 Å². The molecule has 1 aromatic rings. The summed E-state index contributed by atoms with van der Waals surface area (Å²) < 4.78 is 4.97. The maximum absolute atomic E-state index is 11.5. The summed E-state index contributed by atoms with van der Waals surface area (Å²) in [5, 5.41) is 2.77. The standard InChI is InChI=1S/C11H18N2O2/c1-3-11(12,4-2)8-13-10(14)9-6-5-7-15-9/h5-7H,3-4,8,12H2,1-2H3,(H,13,14). The Kier molecular flexibility index (Phi) is 3.91. The molecular weight excluding hydrogens is 192 g/mol. The van der Waals surface area contributed by atoms with Gasteiger partial charge in [-0.25, -0.2) is 0 Å². The number of nitrogens with two attached hydrogens (primary N) is 1. The van der Waals surface area contributed by atoms with Crippen LogP contribution in [0.2, 0.25) is 0 Å². The summed E-state index contributed by atoms with van der Waals surface area (Å²) in [5.74, 6) is 0.112. The van der Waals surface area contributed by atoms with Gasteiger partial charge in [-0.05, 0) is 25.0 Å². The van der Waals surface area contributed by atoms with Gasteiger partial charge >= 0.3 is 0 Å². The highest BCUT2D eigenvalue weighted by Gasteiger charge is 2.21. The molecule has 0 aliphatic carbocycles. The lowest BCUT2D eigenvalue weighted by atomic mass is 9.94. The molecule has 0 fully saturated rings. The third-order valence-electron chi connectivity index (χ3n) is 2.75. The van der Waals surface area contributed by atoms with Gasteiger partial charge in [0.05, 0.1) is 6.26 Å². The van der Waals surface area contributed by atoms with Crippen LogP contribution < -0.4 is 11.1 Å². The number of carbonyl (C=O) groups is 1. The molecule has 4 nitrogen and oxygen atoms in total. The molecule has 0 saturated carbocycles. The van der Waals surface area contributed by atoms with E-state index < -0.39 is 0 Å². The van der Waals surface area contributed by atoms with Gasteiger partial charge in [0.25, 0.3) is 5.91 Å². The first-order valence-electron chi connectivity index (χ1n) is 5.22. The van der Waals surface area contributed by atoms with Crippen LogP contribution in [0.25, 0.3) is 0 Å². The topological polar surface area (TPSA) is 68.3 Å². The molecule has 0 aromatic carbocycles. The molecule has 1 heterocycles. The third kappa shape index (κ3) is 3.09. The Morgan fingerprint density at radius 1 is 1.53 bits per heavy atom. The van der Waals surface area contributed by atoms with Crippen molar-refractivity contribution < 1.29 is 9.21 Å².